The zero-order chi connectivity index (χ0) is 20.9. The van der Waals surface area contributed by atoms with Gasteiger partial charge in [0.05, 0.1) is 11.4 Å². The van der Waals surface area contributed by atoms with Crippen LogP contribution in [0, 0.1) is 0 Å². The maximum Gasteiger partial charge on any atom is 0.151 e. The van der Waals surface area contributed by atoms with E-state index in [-0.39, 0.29) is 11.1 Å². The lowest BCUT2D eigenvalue weighted by molar-refractivity contribution is 0.0834. The number of rotatable bonds is 3. The van der Waals surface area contributed by atoms with Gasteiger partial charge in [-0.3, -0.25) is 4.98 Å². The molecule has 0 amide bonds. The highest BCUT2D eigenvalue weighted by atomic mass is 16.3. The number of nitrogens with zero attached hydrogens (tertiary/aromatic N) is 4. The molecule has 3 heterocycles. The predicted molar refractivity (Wildman–Crippen MR) is 116 cm³/mol. The summed E-state index contributed by atoms with van der Waals surface area (Å²) in [6.45, 7) is 9.00. The molecule has 1 fully saturated rings. The third kappa shape index (κ3) is 4.05. The van der Waals surface area contributed by atoms with Crippen molar-refractivity contribution in [2.75, 3.05) is 11.9 Å². The van der Waals surface area contributed by atoms with Crippen molar-refractivity contribution in [1.29, 1.82) is 0 Å². The first-order valence-electron chi connectivity index (χ1n) is 10.3. The van der Waals surface area contributed by atoms with E-state index in [0.717, 1.165) is 29.9 Å². The Morgan fingerprint density at radius 2 is 1.79 bits per heavy atom. The molecule has 1 atom stereocenters. The van der Waals surface area contributed by atoms with Gasteiger partial charge in [0.25, 0.3) is 0 Å². The molecule has 1 saturated heterocycles. The van der Waals surface area contributed by atoms with Gasteiger partial charge in [-0.2, -0.15) is 5.10 Å². The van der Waals surface area contributed by atoms with Gasteiger partial charge < -0.3 is 15.3 Å². The Balaban J connectivity index is 1.54. The Kier molecular flexibility index (Phi) is 4.74. The van der Waals surface area contributed by atoms with Crippen molar-refractivity contribution in [3.8, 4) is 0 Å². The molecule has 0 bridgehead atoms. The van der Waals surface area contributed by atoms with Crippen molar-refractivity contribution in [2.45, 2.75) is 69.7 Å². The number of pyridine rings is 1. The lowest BCUT2D eigenvalue weighted by Crippen LogP contribution is -2.62. The maximum atomic E-state index is 11.2. The number of nitrogens with one attached hydrogen (secondary N) is 1. The smallest absolute Gasteiger partial charge is 0.151 e. The molecule has 0 saturated carbocycles. The fourth-order valence-electron chi connectivity index (χ4n) is 4.97. The molecule has 6 heteroatoms. The van der Waals surface area contributed by atoms with Crippen LogP contribution in [0.25, 0.3) is 6.08 Å². The normalized spacial score (nSPS) is 25.4. The highest BCUT2D eigenvalue weighted by Crippen LogP contribution is 2.34. The second-order valence-corrected chi connectivity index (χ2v) is 9.82. The van der Waals surface area contributed by atoms with Gasteiger partial charge in [-0.15, -0.1) is 5.10 Å². The van der Waals surface area contributed by atoms with Gasteiger partial charge in [-0.1, -0.05) is 6.07 Å². The van der Waals surface area contributed by atoms with Crippen LogP contribution in [0.2, 0.25) is 0 Å². The lowest BCUT2D eigenvalue weighted by Gasteiger charge is -2.49. The van der Waals surface area contributed by atoms with Crippen LogP contribution in [0.15, 0.2) is 36.5 Å². The zero-order valence-electron chi connectivity index (χ0n) is 18.0. The van der Waals surface area contributed by atoms with E-state index < -0.39 is 5.60 Å². The fourth-order valence-corrected chi connectivity index (χ4v) is 4.97. The average Bonchev–Trinajstić information content (AvgIpc) is 2.65. The molecule has 0 radical (unpaired) electrons. The lowest BCUT2D eigenvalue weighted by atomic mass is 9.79. The van der Waals surface area contributed by atoms with Gasteiger partial charge in [0, 0.05) is 36.8 Å². The van der Waals surface area contributed by atoms with Crippen LogP contribution in [0.5, 0.6) is 0 Å². The number of anilines is 1. The number of aliphatic hydroxyl groups is 1. The molecule has 2 aliphatic rings. The monoisotopic (exact) mass is 393 g/mol. The van der Waals surface area contributed by atoms with Crippen LogP contribution < -0.4 is 10.2 Å². The van der Waals surface area contributed by atoms with Gasteiger partial charge in [0.15, 0.2) is 5.82 Å². The molecule has 2 aromatic heterocycles. The summed E-state index contributed by atoms with van der Waals surface area (Å²) in [7, 11) is 2.09. The summed E-state index contributed by atoms with van der Waals surface area (Å²) < 4.78 is 0. The highest BCUT2D eigenvalue weighted by molar-refractivity contribution is 5.56. The quantitative estimate of drug-likeness (QED) is 0.835. The largest absolute Gasteiger partial charge is 0.379 e. The fraction of sp³-hybridized carbons (Fsp3) is 0.522. The maximum absolute atomic E-state index is 11.2. The SMILES string of the molecule is CN(c1ccc(C2(O)C=Cc3ncccc3C2)nn1)C1CC(C)(C)NC(C)(C)C1. The van der Waals surface area contributed by atoms with Crippen molar-refractivity contribution >= 4 is 11.9 Å². The van der Waals surface area contributed by atoms with Crippen molar-refractivity contribution in [3.63, 3.8) is 0 Å². The zero-order valence-corrected chi connectivity index (χ0v) is 18.0. The van der Waals surface area contributed by atoms with E-state index in [9.17, 15) is 5.11 Å². The Hall–Kier alpha value is -2.31. The summed E-state index contributed by atoms with van der Waals surface area (Å²) in [4.78, 5) is 6.57. The molecule has 2 aromatic rings. The van der Waals surface area contributed by atoms with Crippen LogP contribution in [-0.4, -0.2) is 44.5 Å². The minimum Gasteiger partial charge on any atom is -0.379 e. The third-order valence-corrected chi connectivity index (χ3v) is 6.07. The first kappa shape index (κ1) is 20.0. The molecule has 6 nitrogen and oxygen atoms in total. The van der Waals surface area contributed by atoms with Crippen molar-refractivity contribution in [2.24, 2.45) is 0 Å². The third-order valence-electron chi connectivity index (χ3n) is 6.07. The topological polar surface area (TPSA) is 74.2 Å². The van der Waals surface area contributed by atoms with E-state index in [1.807, 2.05) is 30.3 Å². The van der Waals surface area contributed by atoms with E-state index in [2.05, 4.69) is 60.1 Å². The van der Waals surface area contributed by atoms with E-state index in [4.69, 9.17) is 0 Å². The van der Waals surface area contributed by atoms with Crippen LogP contribution in [0.3, 0.4) is 0 Å². The van der Waals surface area contributed by atoms with Gasteiger partial charge in [-0.05, 0) is 76.5 Å². The Bertz CT molecular complexity index is 905. The molecular weight excluding hydrogens is 362 g/mol. The molecule has 1 aliphatic carbocycles. The summed E-state index contributed by atoms with van der Waals surface area (Å²) in [6, 6.07) is 8.12. The van der Waals surface area contributed by atoms with Crippen molar-refractivity contribution in [3.05, 3.63) is 53.5 Å². The summed E-state index contributed by atoms with van der Waals surface area (Å²) in [5.74, 6) is 0.831. The summed E-state index contributed by atoms with van der Waals surface area (Å²) in [5, 5.41) is 23.8. The van der Waals surface area contributed by atoms with Crippen LogP contribution in [0.1, 0.15) is 57.5 Å². The van der Waals surface area contributed by atoms with Gasteiger partial charge >= 0.3 is 0 Å². The number of piperidine rings is 1. The Morgan fingerprint density at radius 3 is 2.45 bits per heavy atom. The van der Waals surface area contributed by atoms with Crippen LogP contribution in [-0.2, 0) is 12.0 Å². The minimum atomic E-state index is -1.15. The minimum absolute atomic E-state index is 0.0670. The molecule has 0 spiro atoms. The Morgan fingerprint density at radius 1 is 1.07 bits per heavy atom. The summed E-state index contributed by atoms with van der Waals surface area (Å²) in [5.41, 5.74) is 1.46. The van der Waals surface area contributed by atoms with Crippen molar-refractivity contribution < 1.29 is 5.11 Å². The average molecular weight is 394 g/mol. The van der Waals surface area contributed by atoms with Crippen LogP contribution in [0.4, 0.5) is 5.82 Å². The number of hydrogen-bond donors (Lipinski definition) is 2. The summed E-state index contributed by atoms with van der Waals surface area (Å²) >= 11 is 0. The molecule has 4 rings (SSSR count). The first-order valence-corrected chi connectivity index (χ1v) is 10.3. The van der Waals surface area contributed by atoms with Gasteiger partial charge in [0.2, 0.25) is 0 Å². The van der Waals surface area contributed by atoms with Gasteiger partial charge in [0.1, 0.15) is 5.60 Å². The van der Waals surface area contributed by atoms with E-state index >= 15 is 0 Å². The molecule has 2 N–H and O–H groups in total. The number of aromatic nitrogens is 3. The van der Waals surface area contributed by atoms with Crippen molar-refractivity contribution in [1.82, 2.24) is 20.5 Å². The second kappa shape index (κ2) is 6.89. The molecule has 29 heavy (non-hydrogen) atoms. The number of fused-ring (bicyclic) bond motifs is 1. The molecule has 154 valence electrons. The first-order chi connectivity index (χ1) is 13.6. The van der Waals surface area contributed by atoms with E-state index in [0.29, 0.717) is 18.2 Å². The molecule has 0 aromatic carbocycles. The van der Waals surface area contributed by atoms with E-state index in [1.165, 1.54) is 0 Å². The van der Waals surface area contributed by atoms with Gasteiger partial charge in [-0.25, -0.2) is 0 Å². The predicted octanol–water partition coefficient (Wildman–Crippen LogP) is 3.07. The highest BCUT2D eigenvalue weighted by Gasteiger charge is 2.39. The molecular formula is C23H31N5O. The Labute approximate surface area is 173 Å². The second-order valence-electron chi connectivity index (χ2n) is 9.82. The van der Waals surface area contributed by atoms with Crippen LogP contribution >= 0.6 is 0 Å². The van der Waals surface area contributed by atoms with E-state index in [1.54, 1.807) is 12.3 Å². The molecule has 1 aliphatic heterocycles. The standard InChI is InChI=1S/C23H31N5O/c1-21(2)14-17(15-22(3,4)27-21)28(5)20-9-8-19(25-26-20)23(29)11-10-18-16(13-23)7-6-12-24-18/h6-12,17,27,29H,13-15H2,1-5H3. The molecule has 1 unspecified atom stereocenters. The number of hydrogen-bond acceptors (Lipinski definition) is 6. The summed E-state index contributed by atoms with van der Waals surface area (Å²) in [6.07, 6.45) is 7.92.